The SMILES string of the molecule is Cc1cnc(N2CCN(c3nnc(C(=O)c4ccccc4)c(C)c3C)C[C@H]2C)cn1. The standard InChI is InChI=1S/C23H26N6O/c1-15-12-25-20(13-24-15)29-11-10-28(14-16(29)2)23-18(4)17(3)21(26-27-23)22(30)19-8-6-5-7-9-19/h5-9,12-13,16H,10-11,14H2,1-4H3/t16-/m1/s1. The Balaban J connectivity index is 1.54. The zero-order valence-corrected chi connectivity index (χ0v) is 17.8. The zero-order valence-electron chi connectivity index (χ0n) is 17.8. The third kappa shape index (κ3) is 3.75. The van der Waals surface area contributed by atoms with Crippen LogP contribution in [0, 0.1) is 20.8 Å². The number of hydrogen-bond donors (Lipinski definition) is 0. The van der Waals surface area contributed by atoms with E-state index in [1.165, 1.54) is 0 Å². The molecular weight excluding hydrogens is 376 g/mol. The molecule has 0 N–H and O–H groups in total. The van der Waals surface area contributed by atoms with Crippen molar-refractivity contribution >= 4 is 17.4 Å². The number of anilines is 2. The number of aryl methyl sites for hydroxylation is 1. The van der Waals surface area contributed by atoms with Crippen LogP contribution in [0.1, 0.15) is 39.8 Å². The third-order valence-electron chi connectivity index (χ3n) is 5.74. The molecule has 1 fully saturated rings. The maximum atomic E-state index is 12.8. The molecule has 0 saturated carbocycles. The summed E-state index contributed by atoms with van der Waals surface area (Å²) in [5.74, 6) is 1.65. The lowest BCUT2D eigenvalue weighted by atomic mass is 10.0. The van der Waals surface area contributed by atoms with Crippen LogP contribution in [0.5, 0.6) is 0 Å². The number of benzene rings is 1. The summed E-state index contributed by atoms with van der Waals surface area (Å²) in [5.41, 5.74) is 3.84. The maximum absolute atomic E-state index is 12.8. The molecule has 1 saturated heterocycles. The molecule has 4 rings (SSSR count). The van der Waals surface area contributed by atoms with Crippen LogP contribution in [-0.2, 0) is 0 Å². The lowest BCUT2D eigenvalue weighted by Crippen LogP contribution is -2.53. The molecule has 3 heterocycles. The number of hydrogen-bond acceptors (Lipinski definition) is 7. The summed E-state index contributed by atoms with van der Waals surface area (Å²) < 4.78 is 0. The van der Waals surface area contributed by atoms with Crippen molar-refractivity contribution in [1.82, 2.24) is 20.2 Å². The molecule has 0 unspecified atom stereocenters. The van der Waals surface area contributed by atoms with E-state index in [2.05, 4.69) is 36.9 Å². The fourth-order valence-electron chi connectivity index (χ4n) is 3.86. The molecule has 30 heavy (non-hydrogen) atoms. The van der Waals surface area contributed by atoms with Gasteiger partial charge in [0, 0.05) is 31.2 Å². The van der Waals surface area contributed by atoms with Crippen molar-refractivity contribution in [2.45, 2.75) is 33.7 Å². The summed E-state index contributed by atoms with van der Waals surface area (Å²) in [6.45, 7) is 10.5. The minimum atomic E-state index is -0.0913. The van der Waals surface area contributed by atoms with Crippen molar-refractivity contribution < 1.29 is 4.79 Å². The van der Waals surface area contributed by atoms with E-state index in [0.29, 0.717) is 11.3 Å². The second-order valence-corrected chi connectivity index (χ2v) is 7.82. The van der Waals surface area contributed by atoms with Crippen molar-refractivity contribution in [1.29, 1.82) is 0 Å². The van der Waals surface area contributed by atoms with Gasteiger partial charge in [-0.25, -0.2) is 4.98 Å². The van der Waals surface area contributed by atoms with Crippen LogP contribution in [0.3, 0.4) is 0 Å². The van der Waals surface area contributed by atoms with Crippen LogP contribution in [0.25, 0.3) is 0 Å². The average Bonchev–Trinajstić information content (AvgIpc) is 2.76. The number of carbonyl (C=O) groups is 1. The minimum Gasteiger partial charge on any atom is -0.351 e. The highest BCUT2D eigenvalue weighted by atomic mass is 16.1. The smallest absolute Gasteiger partial charge is 0.213 e. The Kier molecular flexibility index (Phi) is 5.44. The van der Waals surface area contributed by atoms with Gasteiger partial charge in [0.1, 0.15) is 11.5 Å². The first-order valence-electron chi connectivity index (χ1n) is 10.2. The Labute approximate surface area is 176 Å². The van der Waals surface area contributed by atoms with Crippen molar-refractivity contribution in [3.8, 4) is 0 Å². The molecule has 0 aliphatic carbocycles. The molecule has 0 amide bonds. The van der Waals surface area contributed by atoms with E-state index in [1.54, 1.807) is 6.20 Å². The number of piperazine rings is 1. The highest BCUT2D eigenvalue weighted by Gasteiger charge is 2.28. The van der Waals surface area contributed by atoms with Gasteiger partial charge in [0.25, 0.3) is 0 Å². The van der Waals surface area contributed by atoms with Crippen LogP contribution < -0.4 is 9.80 Å². The Morgan fingerprint density at radius 1 is 0.967 bits per heavy atom. The van der Waals surface area contributed by atoms with Crippen LogP contribution in [0.2, 0.25) is 0 Å². The quantitative estimate of drug-likeness (QED) is 0.621. The fraction of sp³-hybridized carbons (Fsp3) is 0.348. The van der Waals surface area contributed by atoms with Gasteiger partial charge in [-0.3, -0.25) is 9.78 Å². The van der Waals surface area contributed by atoms with Crippen LogP contribution in [-0.4, -0.2) is 51.6 Å². The largest absolute Gasteiger partial charge is 0.351 e. The molecule has 2 aromatic heterocycles. The minimum absolute atomic E-state index is 0.0913. The normalized spacial score (nSPS) is 16.6. The fourth-order valence-corrected chi connectivity index (χ4v) is 3.86. The van der Waals surface area contributed by atoms with Gasteiger partial charge in [-0.15, -0.1) is 10.2 Å². The Morgan fingerprint density at radius 2 is 1.73 bits per heavy atom. The Morgan fingerprint density at radius 3 is 2.40 bits per heavy atom. The lowest BCUT2D eigenvalue weighted by Gasteiger charge is -2.41. The Hall–Kier alpha value is -3.35. The van der Waals surface area contributed by atoms with Crippen molar-refractivity contribution in [2.75, 3.05) is 29.4 Å². The summed E-state index contributed by atoms with van der Waals surface area (Å²) in [6, 6.07) is 9.48. The van der Waals surface area contributed by atoms with Gasteiger partial charge in [0.05, 0.1) is 18.1 Å². The van der Waals surface area contributed by atoms with Crippen molar-refractivity contribution in [3.05, 3.63) is 70.8 Å². The predicted octanol–water partition coefficient (Wildman–Crippen LogP) is 3.14. The van der Waals surface area contributed by atoms with E-state index >= 15 is 0 Å². The summed E-state index contributed by atoms with van der Waals surface area (Å²) >= 11 is 0. The maximum Gasteiger partial charge on any atom is 0.213 e. The average molecular weight is 403 g/mol. The number of rotatable bonds is 4. The van der Waals surface area contributed by atoms with E-state index in [0.717, 1.165) is 48.1 Å². The summed E-state index contributed by atoms with van der Waals surface area (Å²) in [5, 5.41) is 8.79. The van der Waals surface area contributed by atoms with Gasteiger partial charge in [-0.1, -0.05) is 30.3 Å². The van der Waals surface area contributed by atoms with Crippen LogP contribution >= 0.6 is 0 Å². The molecule has 7 nitrogen and oxygen atoms in total. The second-order valence-electron chi connectivity index (χ2n) is 7.82. The number of nitrogens with zero attached hydrogens (tertiary/aromatic N) is 6. The summed E-state index contributed by atoms with van der Waals surface area (Å²) in [4.78, 5) is 26.3. The molecule has 1 aliphatic rings. The molecule has 1 aromatic carbocycles. The molecule has 3 aromatic rings. The molecule has 154 valence electrons. The van der Waals surface area contributed by atoms with Crippen molar-refractivity contribution in [3.63, 3.8) is 0 Å². The lowest BCUT2D eigenvalue weighted by molar-refractivity contribution is 0.103. The van der Waals surface area contributed by atoms with E-state index in [9.17, 15) is 4.79 Å². The first-order chi connectivity index (χ1) is 14.5. The monoisotopic (exact) mass is 402 g/mol. The van der Waals surface area contributed by atoms with Gasteiger partial charge < -0.3 is 9.80 Å². The zero-order chi connectivity index (χ0) is 21.3. The molecule has 0 bridgehead atoms. The molecular formula is C23H26N6O. The Bertz CT molecular complexity index is 1050. The molecule has 0 radical (unpaired) electrons. The van der Waals surface area contributed by atoms with E-state index < -0.39 is 0 Å². The number of carbonyl (C=O) groups excluding carboxylic acids is 1. The van der Waals surface area contributed by atoms with Gasteiger partial charge in [-0.2, -0.15) is 0 Å². The molecule has 0 spiro atoms. The number of aromatic nitrogens is 4. The van der Waals surface area contributed by atoms with E-state index in [-0.39, 0.29) is 11.8 Å². The van der Waals surface area contributed by atoms with Gasteiger partial charge in [0.2, 0.25) is 5.78 Å². The molecule has 7 heteroatoms. The van der Waals surface area contributed by atoms with Gasteiger partial charge in [0.15, 0.2) is 5.82 Å². The molecule has 1 atom stereocenters. The van der Waals surface area contributed by atoms with E-state index in [4.69, 9.17) is 0 Å². The molecule has 1 aliphatic heterocycles. The van der Waals surface area contributed by atoms with Crippen LogP contribution in [0.15, 0.2) is 42.7 Å². The highest BCUT2D eigenvalue weighted by molar-refractivity contribution is 6.08. The van der Waals surface area contributed by atoms with Gasteiger partial charge >= 0.3 is 0 Å². The summed E-state index contributed by atoms with van der Waals surface area (Å²) in [6.07, 6.45) is 3.64. The topological polar surface area (TPSA) is 75.1 Å². The first-order valence-corrected chi connectivity index (χ1v) is 10.2. The first kappa shape index (κ1) is 19.9. The third-order valence-corrected chi connectivity index (χ3v) is 5.74. The highest BCUT2D eigenvalue weighted by Crippen LogP contribution is 2.26. The van der Waals surface area contributed by atoms with Crippen LogP contribution in [0.4, 0.5) is 11.6 Å². The second kappa shape index (κ2) is 8.18. The van der Waals surface area contributed by atoms with E-state index in [1.807, 2.05) is 57.3 Å². The predicted molar refractivity (Wildman–Crippen MR) is 117 cm³/mol. The van der Waals surface area contributed by atoms with Gasteiger partial charge in [-0.05, 0) is 38.8 Å². The summed E-state index contributed by atoms with van der Waals surface area (Å²) in [7, 11) is 0. The number of ketones is 1. The van der Waals surface area contributed by atoms with Crippen molar-refractivity contribution in [2.24, 2.45) is 0 Å².